The zero-order chi connectivity index (χ0) is 8.97. The molecule has 0 saturated carbocycles. The first-order valence-corrected chi connectivity index (χ1v) is 4.91. The second kappa shape index (κ2) is 4.52. The van der Waals surface area contributed by atoms with E-state index in [-0.39, 0.29) is 0 Å². The van der Waals surface area contributed by atoms with Gasteiger partial charge in [0.1, 0.15) is 0 Å². The van der Waals surface area contributed by atoms with Gasteiger partial charge in [0.15, 0.2) is 0 Å². The molecule has 0 aromatic carbocycles. The number of rotatable bonds is 3. The molecule has 1 heterocycles. The Bertz CT molecular complexity index is 168. The summed E-state index contributed by atoms with van der Waals surface area (Å²) in [6.07, 6.45) is 8.65. The van der Waals surface area contributed by atoms with Crippen molar-refractivity contribution in [3.05, 3.63) is 0 Å². The van der Waals surface area contributed by atoms with Crippen LogP contribution in [0.3, 0.4) is 0 Å². The number of unbranched alkanes of at least 4 members (excludes halogenated alkanes) is 1. The molecule has 0 amide bonds. The summed E-state index contributed by atoms with van der Waals surface area (Å²) in [5, 5.41) is 0. The van der Waals surface area contributed by atoms with Crippen LogP contribution in [0.4, 0.5) is 0 Å². The van der Waals surface area contributed by atoms with Crippen LogP contribution >= 0.6 is 0 Å². The molecule has 1 heteroatoms. The molecule has 0 radical (unpaired) electrons. The van der Waals surface area contributed by atoms with Crippen molar-refractivity contribution in [2.75, 3.05) is 13.1 Å². The summed E-state index contributed by atoms with van der Waals surface area (Å²) >= 11 is 0. The van der Waals surface area contributed by atoms with Crippen molar-refractivity contribution in [3.63, 3.8) is 0 Å². The molecule has 12 heavy (non-hydrogen) atoms. The summed E-state index contributed by atoms with van der Waals surface area (Å²) in [6.45, 7) is 7.11. The molecule has 68 valence electrons. The fourth-order valence-electron chi connectivity index (χ4n) is 2.08. The van der Waals surface area contributed by atoms with Crippen molar-refractivity contribution in [1.29, 1.82) is 0 Å². The van der Waals surface area contributed by atoms with E-state index in [1.165, 1.54) is 19.5 Å². The lowest BCUT2D eigenvalue weighted by molar-refractivity contribution is 0.263. The molecule has 1 saturated heterocycles. The molecule has 0 aliphatic carbocycles. The number of hydrogen-bond acceptors (Lipinski definition) is 1. The second-order valence-corrected chi connectivity index (χ2v) is 3.99. The lowest BCUT2D eigenvalue weighted by Gasteiger charge is -2.19. The molecule has 0 spiro atoms. The van der Waals surface area contributed by atoms with Gasteiger partial charge in [-0.25, -0.2) is 0 Å². The summed E-state index contributed by atoms with van der Waals surface area (Å²) in [7, 11) is 0. The van der Waals surface area contributed by atoms with E-state index in [1.54, 1.807) is 0 Å². The average molecular weight is 165 g/mol. The fourth-order valence-corrected chi connectivity index (χ4v) is 2.08. The van der Waals surface area contributed by atoms with E-state index in [9.17, 15) is 0 Å². The van der Waals surface area contributed by atoms with Gasteiger partial charge in [-0.1, -0.05) is 6.92 Å². The van der Waals surface area contributed by atoms with Crippen molar-refractivity contribution in [2.24, 2.45) is 5.92 Å². The average Bonchev–Trinajstić information content (AvgIpc) is 2.31. The maximum absolute atomic E-state index is 5.21. The maximum Gasteiger partial charge on any atom is 0.00982 e. The molecule has 2 unspecified atom stereocenters. The van der Waals surface area contributed by atoms with Gasteiger partial charge in [0.05, 0.1) is 0 Å². The van der Waals surface area contributed by atoms with Gasteiger partial charge in [-0.15, -0.1) is 12.3 Å². The Kier molecular flexibility index (Phi) is 3.62. The fraction of sp³-hybridized carbons (Fsp3) is 0.818. The predicted octanol–water partition coefficient (Wildman–Crippen LogP) is 2.13. The maximum atomic E-state index is 5.21. The highest BCUT2D eigenvalue weighted by Gasteiger charge is 2.24. The van der Waals surface area contributed by atoms with Crippen molar-refractivity contribution in [2.45, 2.75) is 39.2 Å². The van der Waals surface area contributed by atoms with Crippen LogP contribution in [0.15, 0.2) is 0 Å². The van der Waals surface area contributed by atoms with Gasteiger partial charge in [-0.05, 0) is 32.2 Å². The topological polar surface area (TPSA) is 3.24 Å². The van der Waals surface area contributed by atoms with Crippen LogP contribution in [-0.2, 0) is 0 Å². The molecule has 0 bridgehead atoms. The standard InChI is InChI=1S/C11H19N/c1-4-5-6-7-12-9-10(2)8-11(12)3/h1,10-11H,5-9H2,2-3H3. The van der Waals surface area contributed by atoms with E-state index >= 15 is 0 Å². The SMILES string of the molecule is C#CCCCN1CC(C)CC1C. The number of likely N-dealkylation sites (tertiary alicyclic amines) is 1. The highest BCUT2D eigenvalue weighted by atomic mass is 15.2. The Morgan fingerprint density at radius 3 is 2.75 bits per heavy atom. The summed E-state index contributed by atoms with van der Waals surface area (Å²) < 4.78 is 0. The molecule has 1 fully saturated rings. The van der Waals surface area contributed by atoms with Crippen LogP contribution in [0.1, 0.15) is 33.1 Å². The van der Waals surface area contributed by atoms with Crippen molar-refractivity contribution >= 4 is 0 Å². The van der Waals surface area contributed by atoms with E-state index in [4.69, 9.17) is 6.42 Å². The minimum Gasteiger partial charge on any atom is -0.300 e. The van der Waals surface area contributed by atoms with Crippen LogP contribution in [0, 0.1) is 18.3 Å². The molecular formula is C11H19N. The summed E-state index contributed by atoms with van der Waals surface area (Å²) in [5.41, 5.74) is 0. The summed E-state index contributed by atoms with van der Waals surface area (Å²) in [5.74, 6) is 3.57. The van der Waals surface area contributed by atoms with Gasteiger partial charge < -0.3 is 4.90 Å². The van der Waals surface area contributed by atoms with Crippen molar-refractivity contribution in [3.8, 4) is 12.3 Å². The second-order valence-electron chi connectivity index (χ2n) is 3.99. The molecule has 0 aromatic heterocycles. The quantitative estimate of drug-likeness (QED) is 0.457. The lowest BCUT2D eigenvalue weighted by Crippen LogP contribution is -2.28. The van der Waals surface area contributed by atoms with E-state index in [2.05, 4.69) is 24.7 Å². The third-order valence-electron chi connectivity index (χ3n) is 2.68. The number of nitrogens with zero attached hydrogens (tertiary/aromatic N) is 1. The number of hydrogen-bond donors (Lipinski definition) is 0. The summed E-state index contributed by atoms with van der Waals surface area (Å²) in [4.78, 5) is 2.56. The molecule has 0 aromatic rings. The largest absolute Gasteiger partial charge is 0.300 e. The Morgan fingerprint density at radius 2 is 2.25 bits per heavy atom. The van der Waals surface area contributed by atoms with Gasteiger partial charge in [0, 0.05) is 19.0 Å². The first kappa shape index (κ1) is 9.61. The van der Waals surface area contributed by atoms with Gasteiger partial charge in [-0.3, -0.25) is 0 Å². The summed E-state index contributed by atoms with van der Waals surface area (Å²) in [6, 6.07) is 0.776. The lowest BCUT2D eigenvalue weighted by atomic mass is 10.1. The number of terminal acetylenes is 1. The predicted molar refractivity (Wildman–Crippen MR) is 52.9 cm³/mol. The van der Waals surface area contributed by atoms with Gasteiger partial charge in [0.25, 0.3) is 0 Å². The minimum atomic E-state index is 0.776. The highest BCUT2D eigenvalue weighted by molar-refractivity contribution is 4.85. The third kappa shape index (κ3) is 2.53. The van der Waals surface area contributed by atoms with E-state index in [1.807, 2.05) is 0 Å². The normalized spacial score (nSPS) is 30.4. The van der Waals surface area contributed by atoms with Crippen LogP contribution < -0.4 is 0 Å². The Morgan fingerprint density at radius 1 is 1.50 bits per heavy atom. The van der Waals surface area contributed by atoms with E-state index in [0.717, 1.165) is 24.8 Å². The third-order valence-corrected chi connectivity index (χ3v) is 2.68. The molecule has 0 N–H and O–H groups in total. The van der Waals surface area contributed by atoms with Crippen LogP contribution in [-0.4, -0.2) is 24.0 Å². The molecule has 1 nitrogen and oxygen atoms in total. The molecule has 1 aliphatic rings. The Labute approximate surface area is 76.1 Å². The molecule has 1 rings (SSSR count). The Hall–Kier alpha value is -0.480. The van der Waals surface area contributed by atoms with Crippen molar-refractivity contribution < 1.29 is 0 Å². The van der Waals surface area contributed by atoms with Crippen LogP contribution in [0.2, 0.25) is 0 Å². The smallest absolute Gasteiger partial charge is 0.00982 e. The van der Waals surface area contributed by atoms with E-state index < -0.39 is 0 Å². The first-order valence-electron chi connectivity index (χ1n) is 4.91. The van der Waals surface area contributed by atoms with Gasteiger partial charge in [-0.2, -0.15) is 0 Å². The molecule has 1 aliphatic heterocycles. The van der Waals surface area contributed by atoms with Crippen molar-refractivity contribution in [1.82, 2.24) is 4.90 Å². The molecular weight excluding hydrogens is 146 g/mol. The zero-order valence-electron chi connectivity index (χ0n) is 8.21. The minimum absolute atomic E-state index is 0.776. The van der Waals surface area contributed by atoms with Crippen LogP contribution in [0.5, 0.6) is 0 Å². The highest BCUT2D eigenvalue weighted by Crippen LogP contribution is 2.22. The first-order chi connectivity index (χ1) is 5.74. The van der Waals surface area contributed by atoms with Gasteiger partial charge in [0.2, 0.25) is 0 Å². The monoisotopic (exact) mass is 165 g/mol. The van der Waals surface area contributed by atoms with E-state index in [0.29, 0.717) is 0 Å². The van der Waals surface area contributed by atoms with Gasteiger partial charge >= 0.3 is 0 Å². The Balaban J connectivity index is 2.20. The van der Waals surface area contributed by atoms with Crippen LogP contribution in [0.25, 0.3) is 0 Å². The molecule has 2 atom stereocenters. The zero-order valence-corrected chi connectivity index (χ0v) is 8.21.